The van der Waals surface area contributed by atoms with Gasteiger partial charge in [0.05, 0.1) is 5.69 Å². The van der Waals surface area contributed by atoms with Crippen LogP contribution >= 0.6 is 0 Å². The Morgan fingerprint density at radius 2 is 2.06 bits per heavy atom. The molecule has 2 aromatic heterocycles. The van der Waals surface area contributed by atoms with Crippen LogP contribution in [-0.4, -0.2) is 20.1 Å². The van der Waals surface area contributed by atoms with Gasteiger partial charge in [0, 0.05) is 28.4 Å². The SMILES string of the molecule is Cc1cc(-c2c[nH]c3ccccc23)nc(CO)n1. The summed E-state index contributed by atoms with van der Waals surface area (Å²) < 4.78 is 0. The number of nitrogens with one attached hydrogen (secondary N) is 1. The number of aliphatic hydroxyl groups is 1. The first-order chi connectivity index (χ1) is 8.78. The number of hydrogen-bond acceptors (Lipinski definition) is 3. The van der Waals surface area contributed by atoms with E-state index in [4.69, 9.17) is 5.11 Å². The molecule has 90 valence electrons. The molecule has 0 saturated carbocycles. The van der Waals surface area contributed by atoms with Crippen molar-refractivity contribution in [2.45, 2.75) is 13.5 Å². The Bertz CT molecular complexity index is 703. The summed E-state index contributed by atoms with van der Waals surface area (Å²) >= 11 is 0. The second-order valence-corrected chi connectivity index (χ2v) is 4.22. The number of fused-ring (bicyclic) bond motifs is 1. The van der Waals surface area contributed by atoms with Crippen LogP contribution in [0.5, 0.6) is 0 Å². The van der Waals surface area contributed by atoms with Crippen LogP contribution < -0.4 is 0 Å². The Morgan fingerprint density at radius 3 is 2.89 bits per heavy atom. The van der Waals surface area contributed by atoms with Gasteiger partial charge in [-0.3, -0.25) is 0 Å². The summed E-state index contributed by atoms with van der Waals surface area (Å²) in [6, 6.07) is 10.00. The minimum absolute atomic E-state index is 0.142. The molecule has 4 nitrogen and oxygen atoms in total. The molecule has 0 aliphatic rings. The van der Waals surface area contributed by atoms with Gasteiger partial charge in [0.2, 0.25) is 0 Å². The summed E-state index contributed by atoms with van der Waals surface area (Å²) in [5, 5.41) is 10.3. The minimum atomic E-state index is -0.142. The van der Waals surface area contributed by atoms with Crippen molar-refractivity contribution in [3.05, 3.63) is 48.0 Å². The molecular formula is C14H13N3O. The fourth-order valence-corrected chi connectivity index (χ4v) is 2.12. The van der Waals surface area contributed by atoms with E-state index in [-0.39, 0.29) is 6.61 Å². The topological polar surface area (TPSA) is 61.8 Å². The van der Waals surface area contributed by atoms with Crippen LogP contribution in [0.25, 0.3) is 22.2 Å². The lowest BCUT2D eigenvalue weighted by molar-refractivity contribution is 0.271. The largest absolute Gasteiger partial charge is 0.388 e. The maximum atomic E-state index is 9.16. The van der Waals surface area contributed by atoms with Gasteiger partial charge in [-0.15, -0.1) is 0 Å². The van der Waals surface area contributed by atoms with Crippen molar-refractivity contribution in [1.29, 1.82) is 0 Å². The van der Waals surface area contributed by atoms with Crippen LogP contribution in [0.2, 0.25) is 0 Å². The third kappa shape index (κ3) is 1.76. The Labute approximate surface area is 104 Å². The van der Waals surface area contributed by atoms with Crippen molar-refractivity contribution in [1.82, 2.24) is 15.0 Å². The van der Waals surface area contributed by atoms with Gasteiger partial charge in [0.15, 0.2) is 5.82 Å². The van der Waals surface area contributed by atoms with Crippen LogP contribution in [0.4, 0.5) is 0 Å². The van der Waals surface area contributed by atoms with E-state index in [1.165, 1.54) is 0 Å². The van der Waals surface area contributed by atoms with Gasteiger partial charge < -0.3 is 10.1 Å². The number of rotatable bonds is 2. The molecule has 18 heavy (non-hydrogen) atoms. The number of H-pyrrole nitrogens is 1. The summed E-state index contributed by atoms with van der Waals surface area (Å²) in [7, 11) is 0. The van der Waals surface area contributed by atoms with Gasteiger partial charge >= 0.3 is 0 Å². The Hall–Kier alpha value is -2.20. The lowest BCUT2D eigenvalue weighted by Crippen LogP contribution is -1.98. The molecule has 0 aliphatic heterocycles. The highest BCUT2D eigenvalue weighted by Crippen LogP contribution is 2.27. The van der Waals surface area contributed by atoms with E-state index >= 15 is 0 Å². The van der Waals surface area contributed by atoms with Gasteiger partial charge in [-0.2, -0.15) is 0 Å². The number of aromatic amines is 1. The van der Waals surface area contributed by atoms with Gasteiger partial charge in [0.25, 0.3) is 0 Å². The van der Waals surface area contributed by atoms with Crippen molar-refractivity contribution < 1.29 is 5.11 Å². The van der Waals surface area contributed by atoms with E-state index in [9.17, 15) is 0 Å². The number of aromatic nitrogens is 3. The summed E-state index contributed by atoms with van der Waals surface area (Å²) in [6.07, 6.45) is 1.94. The van der Waals surface area contributed by atoms with E-state index < -0.39 is 0 Å². The zero-order valence-electron chi connectivity index (χ0n) is 10.0. The zero-order chi connectivity index (χ0) is 12.5. The number of para-hydroxylation sites is 1. The molecule has 2 N–H and O–H groups in total. The maximum absolute atomic E-state index is 9.16. The summed E-state index contributed by atoms with van der Waals surface area (Å²) in [4.78, 5) is 11.8. The lowest BCUT2D eigenvalue weighted by atomic mass is 10.1. The highest BCUT2D eigenvalue weighted by molar-refractivity contribution is 5.94. The van der Waals surface area contributed by atoms with Crippen LogP contribution in [0.1, 0.15) is 11.5 Å². The molecular weight excluding hydrogens is 226 g/mol. The first-order valence-electron chi connectivity index (χ1n) is 5.80. The van der Waals surface area contributed by atoms with E-state index in [1.807, 2.05) is 37.4 Å². The molecule has 0 bridgehead atoms. The molecule has 2 heterocycles. The van der Waals surface area contributed by atoms with E-state index in [0.717, 1.165) is 27.9 Å². The highest BCUT2D eigenvalue weighted by Gasteiger charge is 2.09. The van der Waals surface area contributed by atoms with Gasteiger partial charge in [-0.1, -0.05) is 18.2 Å². The second kappa shape index (κ2) is 4.23. The second-order valence-electron chi connectivity index (χ2n) is 4.22. The lowest BCUT2D eigenvalue weighted by Gasteiger charge is -2.03. The molecule has 0 spiro atoms. The molecule has 0 saturated heterocycles. The predicted molar refractivity (Wildman–Crippen MR) is 70.0 cm³/mol. The summed E-state index contributed by atoms with van der Waals surface area (Å²) in [6.45, 7) is 1.76. The molecule has 3 aromatic rings. The molecule has 0 atom stereocenters. The number of aliphatic hydroxyl groups excluding tert-OH is 1. The number of hydrogen-bond donors (Lipinski definition) is 2. The van der Waals surface area contributed by atoms with Crippen LogP contribution in [0.3, 0.4) is 0 Å². The number of benzene rings is 1. The third-order valence-electron chi connectivity index (χ3n) is 2.91. The summed E-state index contributed by atoms with van der Waals surface area (Å²) in [5.41, 5.74) is 3.80. The fourth-order valence-electron chi connectivity index (χ4n) is 2.12. The monoisotopic (exact) mass is 239 g/mol. The summed E-state index contributed by atoms with van der Waals surface area (Å²) in [5.74, 6) is 0.454. The first kappa shape index (κ1) is 10.9. The Balaban J connectivity index is 2.22. The normalized spacial score (nSPS) is 11.0. The molecule has 0 unspecified atom stereocenters. The minimum Gasteiger partial charge on any atom is -0.388 e. The molecule has 4 heteroatoms. The van der Waals surface area contributed by atoms with Gasteiger partial charge in [-0.05, 0) is 19.1 Å². The molecule has 1 aromatic carbocycles. The van der Waals surface area contributed by atoms with Crippen molar-refractivity contribution in [3.8, 4) is 11.3 Å². The fraction of sp³-hybridized carbons (Fsp3) is 0.143. The zero-order valence-corrected chi connectivity index (χ0v) is 10.0. The van der Waals surface area contributed by atoms with Gasteiger partial charge in [-0.25, -0.2) is 9.97 Å². The standard InChI is InChI=1S/C14H13N3O/c1-9-6-13(17-14(8-18)16-9)11-7-15-12-5-3-2-4-10(11)12/h2-7,15,18H,8H2,1H3. The average Bonchev–Trinajstić information content (AvgIpc) is 2.81. The highest BCUT2D eigenvalue weighted by atomic mass is 16.3. The Kier molecular flexibility index (Phi) is 2.57. The number of aryl methyl sites for hydroxylation is 1. The van der Waals surface area contributed by atoms with Crippen molar-refractivity contribution in [2.75, 3.05) is 0 Å². The van der Waals surface area contributed by atoms with Crippen molar-refractivity contribution >= 4 is 10.9 Å². The Morgan fingerprint density at radius 1 is 1.22 bits per heavy atom. The van der Waals surface area contributed by atoms with Crippen LogP contribution in [-0.2, 0) is 6.61 Å². The molecule has 3 rings (SSSR count). The van der Waals surface area contributed by atoms with Crippen LogP contribution in [0, 0.1) is 6.92 Å². The molecule has 0 amide bonds. The van der Waals surface area contributed by atoms with Crippen molar-refractivity contribution in [3.63, 3.8) is 0 Å². The smallest absolute Gasteiger partial charge is 0.154 e. The van der Waals surface area contributed by atoms with Gasteiger partial charge in [0.1, 0.15) is 6.61 Å². The van der Waals surface area contributed by atoms with E-state index in [2.05, 4.69) is 21.0 Å². The quantitative estimate of drug-likeness (QED) is 0.722. The molecule has 0 aliphatic carbocycles. The van der Waals surface area contributed by atoms with E-state index in [1.54, 1.807) is 0 Å². The number of nitrogens with zero attached hydrogens (tertiary/aromatic N) is 2. The van der Waals surface area contributed by atoms with E-state index in [0.29, 0.717) is 5.82 Å². The third-order valence-corrected chi connectivity index (χ3v) is 2.91. The maximum Gasteiger partial charge on any atom is 0.154 e. The first-order valence-corrected chi connectivity index (χ1v) is 5.80. The molecule has 0 radical (unpaired) electrons. The molecule has 0 fully saturated rings. The average molecular weight is 239 g/mol. The van der Waals surface area contributed by atoms with Crippen LogP contribution in [0.15, 0.2) is 36.5 Å². The van der Waals surface area contributed by atoms with Crippen molar-refractivity contribution in [2.24, 2.45) is 0 Å². The predicted octanol–water partition coefficient (Wildman–Crippen LogP) is 2.43.